The highest BCUT2D eigenvalue weighted by molar-refractivity contribution is 6.01. The van der Waals surface area contributed by atoms with Crippen LogP contribution in [0.1, 0.15) is 53.4 Å². The fraction of sp³-hybridized carbons (Fsp3) is 0.727. The Bertz CT molecular complexity index is 663. The number of aliphatic hydroxyl groups is 2. The largest absolute Gasteiger partial charge is 0.393 e. The van der Waals surface area contributed by atoms with Crippen LogP contribution in [0.2, 0.25) is 0 Å². The highest BCUT2D eigenvalue weighted by Gasteiger charge is 2.59. The second kappa shape index (κ2) is 6.72. The van der Waals surface area contributed by atoms with Crippen molar-refractivity contribution in [3.8, 4) is 0 Å². The van der Waals surface area contributed by atoms with Crippen LogP contribution in [-0.4, -0.2) is 34.5 Å². The van der Waals surface area contributed by atoms with Gasteiger partial charge in [0.15, 0.2) is 11.6 Å². The summed E-state index contributed by atoms with van der Waals surface area (Å²) in [6.45, 7) is 8.00. The molecule has 4 nitrogen and oxygen atoms in total. The third-order valence-electron chi connectivity index (χ3n) is 7.78. The number of hydrogen-bond donors (Lipinski definition) is 2. The van der Waals surface area contributed by atoms with Crippen molar-refractivity contribution >= 4 is 11.6 Å². The van der Waals surface area contributed by atoms with Gasteiger partial charge in [-0.2, -0.15) is 0 Å². The minimum atomic E-state index is -0.520. The average molecular weight is 360 g/mol. The monoisotopic (exact) mass is 360 g/mol. The lowest BCUT2D eigenvalue weighted by molar-refractivity contribution is -0.134. The predicted octanol–water partition coefficient (Wildman–Crippen LogP) is 3.08. The molecule has 144 valence electrons. The van der Waals surface area contributed by atoms with E-state index in [1.165, 1.54) is 0 Å². The van der Waals surface area contributed by atoms with E-state index in [9.17, 15) is 19.8 Å². The van der Waals surface area contributed by atoms with E-state index in [-0.39, 0.29) is 40.2 Å². The number of ketones is 2. The molecule has 0 aliphatic heterocycles. The van der Waals surface area contributed by atoms with Crippen LogP contribution >= 0.6 is 0 Å². The Morgan fingerprint density at radius 1 is 1.31 bits per heavy atom. The van der Waals surface area contributed by atoms with E-state index in [0.717, 1.165) is 24.8 Å². The van der Waals surface area contributed by atoms with Crippen molar-refractivity contribution in [2.24, 2.45) is 34.5 Å². The first-order valence-corrected chi connectivity index (χ1v) is 9.93. The third kappa shape index (κ3) is 2.82. The topological polar surface area (TPSA) is 74.6 Å². The maximum absolute atomic E-state index is 12.4. The van der Waals surface area contributed by atoms with Gasteiger partial charge in [-0.1, -0.05) is 39.3 Å². The van der Waals surface area contributed by atoms with E-state index in [2.05, 4.69) is 27.7 Å². The van der Waals surface area contributed by atoms with E-state index in [1.807, 2.05) is 6.08 Å². The zero-order valence-electron chi connectivity index (χ0n) is 16.4. The Morgan fingerprint density at radius 2 is 2.00 bits per heavy atom. The molecule has 0 radical (unpaired) electrons. The zero-order valence-corrected chi connectivity index (χ0v) is 16.4. The average Bonchev–Trinajstić information content (AvgIpc) is 2.84. The van der Waals surface area contributed by atoms with Crippen LogP contribution in [0.15, 0.2) is 23.8 Å². The molecule has 3 rings (SSSR count). The molecule has 2 saturated carbocycles. The number of aliphatic hydroxyl groups excluding tert-OH is 2. The molecular weight excluding hydrogens is 328 g/mol. The van der Waals surface area contributed by atoms with Crippen molar-refractivity contribution in [1.82, 2.24) is 0 Å². The minimum absolute atomic E-state index is 0.0255. The lowest BCUT2D eigenvalue weighted by Crippen LogP contribution is -2.50. The first-order valence-electron chi connectivity index (χ1n) is 9.93. The SMILES string of the molecule is CCC1=CC(=O)C=CC1(C)C1CC2CC(C)[C@H](C(=O)CO)C2(C)CC1O. The lowest BCUT2D eigenvalue weighted by atomic mass is 9.54. The Balaban J connectivity index is 1.92. The van der Waals surface area contributed by atoms with Crippen molar-refractivity contribution < 1.29 is 19.8 Å². The quantitative estimate of drug-likeness (QED) is 0.808. The van der Waals surface area contributed by atoms with Gasteiger partial charge in [0.05, 0.1) is 6.10 Å². The smallest absolute Gasteiger partial charge is 0.178 e. The summed E-state index contributed by atoms with van der Waals surface area (Å²) < 4.78 is 0. The molecule has 0 aromatic heterocycles. The molecule has 0 bridgehead atoms. The highest BCUT2D eigenvalue weighted by atomic mass is 16.3. The van der Waals surface area contributed by atoms with Gasteiger partial charge in [0.25, 0.3) is 0 Å². The predicted molar refractivity (Wildman–Crippen MR) is 100 cm³/mol. The summed E-state index contributed by atoms with van der Waals surface area (Å²) in [6.07, 6.45) is 8.01. The molecule has 26 heavy (non-hydrogen) atoms. The van der Waals surface area contributed by atoms with Crippen molar-refractivity contribution in [3.63, 3.8) is 0 Å². The molecule has 3 aliphatic carbocycles. The number of Topliss-reactive ketones (excluding diaryl/α,β-unsaturated/α-hetero) is 1. The van der Waals surface area contributed by atoms with Gasteiger partial charge < -0.3 is 10.2 Å². The van der Waals surface area contributed by atoms with Gasteiger partial charge in [0.2, 0.25) is 0 Å². The summed E-state index contributed by atoms with van der Waals surface area (Å²) in [4.78, 5) is 24.2. The first kappa shape index (κ1) is 19.5. The first-order chi connectivity index (χ1) is 12.2. The van der Waals surface area contributed by atoms with Crippen molar-refractivity contribution in [1.29, 1.82) is 0 Å². The molecule has 2 N–H and O–H groups in total. The van der Waals surface area contributed by atoms with E-state index < -0.39 is 12.7 Å². The number of fused-ring (bicyclic) bond motifs is 1. The lowest BCUT2D eigenvalue weighted by Gasteiger charge is -2.51. The Kier molecular flexibility index (Phi) is 5.04. The van der Waals surface area contributed by atoms with Gasteiger partial charge in [-0.3, -0.25) is 9.59 Å². The number of rotatable bonds is 4. The summed E-state index contributed by atoms with van der Waals surface area (Å²) >= 11 is 0. The van der Waals surface area contributed by atoms with Gasteiger partial charge in [-0.25, -0.2) is 0 Å². The van der Waals surface area contributed by atoms with Gasteiger partial charge in [0.1, 0.15) is 6.61 Å². The molecule has 0 heterocycles. The van der Waals surface area contributed by atoms with Gasteiger partial charge in [0, 0.05) is 11.3 Å². The fourth-order valence-electron chi connectivity index (χ4n) is 6.48. The van der Waals surface area contributed by atoms with Crippen LogP contribution in [-0.2, 0) is 9.59 Å². The Labute approximate surface area is 156 Å². The molecule has 0 spiro atoms. The number of hydrogen-bond acceptors (Lipinski definition) is 4. The Hall–Kier alpha value is -1.26. The molecule has 6 unspecified atom stereocenters. The maximum Gasteiger partial charge on any atom is 0.178 e. The van der Waals surface area contributed by atoms with Crippen LogP contribution in [0.25, 0.3) is 0 Å². The maximum atomic E-state index is 12.4. The van der Waals surface area contributed by atoms with E-state index in [4.69, 9.17) is 0 Å². The number of carbonyl (C=O) groups excluding carboxylic acids is 2. The third-order valence-corrected chi connectivity index (χ3v) is 7.78. The van der Waals surface area contributed by atoms with E-state index in [1.54, 1.807) is 12.2 Å². The van der Waals surface area contributed by atoms with Crippen LogP contribution in [0, 0.1) is 34.5 Å². The molecule has 3 aliphatic rings. The van der Waals surface area contributed by atoms with Gasteiger partial charge >= 0.3 is 0 Å². The summed E-state index contributed by atoms with van der Waals surface area (Å²) in [6, 6.07) is 0. The Morgan fingerprint density at radius 3 is 2.62 bits per heavy atom. The summed E-state index contributed by atoms with van der Waals surface area (Å²) in [5, 5.41) is 20.5. The molecule has 4 heteroatoms. The van der Waals surface area contributed by atoms with E-state index in [0.29, 0.717) is 12.3 Å². The van der Waals surface area contributed by atoms with Crippen LogP contribution < -0.4 is 0 Å². The molecule has 2 fully saturated rings. The zero-order chi connectivity index (χ0) is 19.3. The summed E-state index contributed by atoms with van der Waals surface area (Å²) in [5.74, 6) is 0.395. The molecule has 0 aromatic rings. The second-order valence-electron chi connectivity index (χ2n) is 9.17. The molecular formula is C22H32O4. The molecule has 7 atom stereocenters. The van der Waals surface area contributed by atoms with E-state index >= 15 is 0 Å². The number of allylic oxidation sites excluding steroid dienone is 4. The van der Waals surface area contributed by atoms with Crippen molar-refractivity contribution in [2.45, 2.75) is 59.5 Å². The molecule has 0 amide bonds. The fourth-order valence-corrected chi connectivity index (χ4v) is 6.48. The highest BCUT2D eigenvalue weighted by Crippen LogP contribution is 2.62. The van der Waals surface area contributed by atoms with Crippen molar-refractivity contribution in [3.05, 3.63) is 23.8 Å². The minimum Gasteiger partial charge on any atom is -0.393 e. The standard InChI is InChI=1S/C22H32O4/c1-5-14-9-16(24)6-7-21(14,3)17-10-15-8-13(2)20(19(26)12-23)22(15,4)11-18(17)25/h6-7,9,13,15,17-18,20,23,25H,5,8,10-12H2,1-4H3/t13?,15?,17?,18?,20-,21?,22?/m1/s1. The number of carbonyl (C=O) groups is 2. The molecule has 0 saturated heterocycles. The van der Waals surface area contributed by atoms with Crippen LogP contribution in [0.5, 0.6) is 0 Å². The van der Waals surface area contributed by atoms with Crippen molar-refractivity contribution in [2.75, 3.05) is 6.61 Å². The molecule has 0 aromatic carbocycles. The summed E-state index contributed by atoms with van der Waals surface area (Å²) in [5.41, 5.74) is 0.522. The normalized spacial score (nSPS) is 45.4. The van der Waals surface area contributed by atoms with Crippen LogP contribution in [0.4, 0.5) is 0 Å². The second-order valence-corrected chi connectivity index (χ2v) is 9.17. The van der Waals surface area contributed by atoms with Gasteiger partial charge in [-0.05, 0) is 61.0 Å². The van der Waals surface area contributed by atoms with Gasteiger partial charge in [-0.15, -0.1) is 0 Å². The summed E-state index contributed by atoms with van der Waals surface area (Å²) in [7, 11) is 0. The van der Waals surface area contributed by atoms with Crippen LogP contribution in [0.3, 0.4) is 0 Å².